The molecule has 0 amide bonds. The number of anilines is 2. The quantitative estimate of drug-likeness (QED) is 0.551. The molecule has 144 valence electrons. The molecule has 9 heteroatoms. The molecule has 1 aliphatic heterocycles. The van der Waals surface area contributed by atoms with Gasteiger partial charge in [0.2, 0.25) is 5.95 Å². The number of hydrogen-bond acceptors (Lipinski definition) is 7. The Bertz CT molecular complexity index is 1180. The molecule has 1 atom stereocenters. The number of benzene rings is 1. The van der Waals surface area contributed by atoms with Crippen molar-refractivity contribution in [1.29, 1.82) is 5.26 Å². The zero-order valence-electron chi connectivity index (χ0n) is 15.5. The summed E-state index contributed by atoms with van der Waals surface area (Å²) in [6, 6.07) is 7.94. The van der Waals surface area contributed by atoms with E-state index in [9.17, 15) is 0 Å². The van der Waals surface area contributed by atoms with Crippen molar-refractivity contribution in [3.05, 3.63) is 48.7 Å². The van der Waals surface area contributed by atoms with Crippen LogP contribution in [0.25, 0.3) is 22.3 Å². The minimum absolute atomic E-state index is 0.0683. The first kappa shape index (κ1) is 17.3. The predicted molar refractivity (Wildman–Crippen MR) is 106 cm³/mol. The van der Waals surface area contributed by atoms with Crippen molar-refractivity contribution in [2.75, 3.05) is 11.9 Å². The van der Waals surface area contributed by atoms with Gasteiger partial charge in [-0.25, -0.2) is 19.6 Å². The largest absolute Gasteiger partial charge is 0.356 e. The average Bonchev–Trinajstić information content (AvgIpc) is 3.44. The third-order valence-corrected chi connectivity index (χ3v) is 4.94. The lowest BCUT2D eigenvalue weighted by Gasteiger charge is -2.24. The van der Waals surface area contributed by atoms with Crippen molar-refractivity contribution in [2.45, 2.75) is 25.5 Å². The molecule has 4 heterocycles. The van der Waals surface area contributed by atoms with Crippen LogP contribution in [0.15, 0.2) is 43.1 Å². The Balaban J connectivity index is 1.55. The first-order valence-corrected chi connectivity index (χ1v) is 9.43. The minimum Gasteiger partial charge on any atom is -0.356 e. The van der Waals surface area contributed by atoms with Crippen LogP contribution in [0.1, 0.15) is 31.1 Å². The molecule has 2 N–H and O–H groups in total. The number of nitriles is 1. The maximum Gasteiger partial charge on any atom is 0.227 e. The molecule has 0 spiro atoms. The second-order valence-corrected chi connectivity index (χ2v) is 6.84. The van der Waals surface area contributed by atoms with Gasteiger partial charge in [-0.15, -0.1) is 0 Å². The van der Waals surface area contributed by atoms with Crippen LogP contribution in [-0.2, 0) is 4.74 Å². The van der Waals surface area contributed by atoms with Gasteiger partial charge >= 0.3 is 0 Å². The summed E-state index contributed by atoms with van der Waals surface area (Å²) in [6.07, 6.45) is 9.52. The molecule has 1 saturated heterocycles. The molecule has 9 nitrogen and oxygen atoms in total. The summed E-state index contributed by atoms with van der Waals surface area (Å²) in [7, 11) is 0. The van der Waals surface area contributed by atoms with Gasteiger partial charge in [0, 0.05) is 24.1 Å². The Morgan fingerprint density at radius 2 is 2.10 bits per heavy atom. The van der Waals surface area contributed by atoms with Gasteiger partial charge in [0.1, 0.15) is 6.07 Å². The van der Waals surface area contributed by atoms with Crippen molar-refractivity contribution >= 4 is 22.7 Å². The van der Waals surface area contributed by atoms with Crippen LogP contribution < -0.4 is 5.32 Å². The van der Waals surface area contributed by atoms with E-state index in [4.69, 9.17) is 10.00 Å². The zero-order chi connectivity index (χ0) is 19.6. The number of fused-ring (bicyclic) bond motifs is 1. The Hall–Kier alpha value is -3.77. The van der Waals surface area contributed by atoms with E-state index < -0.39 is 0 Å². The smallest absolute Gasteiger partial charge is 0.227 e. The highest BCUT2D eigenvalue weighted by atomic mass is 16.5. The number of nitrogens with zero attached hydrogens (tertiary/aromatic N) is 6. The normalized spacial score (nSPS) is 16.6. The fourth-order valence-corrected chi connectivity index (χ4v) is 3.57. The van der Waals surface area contributed by atoms with E-state index >= 15 is 0 Å². The average molecular weight is 386 g/mol. The van der Waals surface area contributed by atoms with Gasteiger partial charge in [0.05, 0.1) is 41.0 Å². The van der Waals surface area contributed by atoms with Crippen LogP contribution in [0.3, 0.4) is 0 Å². The lowest BCUT2D eigenvalue weighted by atomic mass is 10.1. The summed E-state index contributed by atoms with van der Waals surface area (Å²) < 4.78 is 7.87. The molecule has 5 rings (SSSR count). The Kier molecular flexibility index (Phi) is 4.38. The van der Waals surface area contributed by atoms with Crippen molar-refractivity contribution in [2.24, 2.45) is 0 Å². The second-order valence-electron chi connectivity index (χ2n) is 6.84. The maximum absolute atomic E-state index is 8.91. The summed E-state index contributed by atoms with van der Waals surface area (Å²) in [5, 5.41) is 16.6. The van der Waals surface area contributed by atoms with E-state index in [-0.39, 0.29) is 6.23 Å². The summed E-state index contributed by atoms with van der Waals surface area (Å²) >= 11 is 0. The van der Waals surface area contributed by atoms with Gasteiger partial charge < -0.3 is 15.0 Å². The molecule has 0 radical (unpaired) electrons. The van der Waals surface area contributed by atoms with E-state index in [1.54, 1.807) is 12.5 Å². The maximum atomic E-state index is 8.91. The molecular weight excluding hydrogens is 368 g/mol. The SMILES string of the molecule is N#Cc1cnc(Nc2cc(-c3ccnn3C3CCCCO3)c3nc[nH]c3c2)nc1. The molecule has 1 aromatic carbocycles. The van der Waals surface area contributed by atoms with Gasteiger partial charge in [-0.05, 0) is 37.5 Å². The predicted octanol–water partition coefficient (Wildman–Crippen LogP) is 3.53. The second kappa shape index (κ2) is 7.33. The third-order valence-electron chi connectivity index (χ3n) is 4.94. The van der Waals surface area contributed by atoms with Crippen molar-refractivity contribution in [3.63, 3.8) is 0 Å². The topological polar surface area (TPSA) is 117 Å². The van der Waals surface area contributed by atoms with Gasteiger partial charge in [0.25, 0.3) is 0 Å². The molecule has 3 aromatic heterocycles. The van der Waals surface area contributed by atoms with E-state index in [2.05, 4.69) is 30.4 Å². The fraction of sp³-hybridized carbons (Fsp3) is 0.250. The van der Waals surface area contributed by atoms with Crippen LogP contribution in [0.4, 0.5) is 11.6 Å². The van der Waals surface area contributed by atoms with Crippen LogP contribution in [0, 0.1) is 11.3 Å². The zero-order valence-corrected chi connectivity index (χ0v) is 15.5. The molecule has 4 aromatic rings. The Morgan fingerprint density at radius 3 is 2.90 bits per heavy atom. The number of imidazole rings is 1. The van der Waals surface area contributed by atoms with Crippen LogP contribution >= 0.6 is 0 Å². The molecule has 0 bridgehead atoms. The molecule has 29 heavy (non-hydrogen) atoms. The highest BCUT2D eigenvalue weighted by Gasteiger charge is 2.21. The van der Waals surface area contributed by atoms with Crippen LogP contribution in [0.5, 0.6) is 0 Å². The lowest BCUT2D eigenvalue weighted by Crippen LogP contribution is -2.19. The summed E-state index contributed by atoms with van der Waals surface area (Å²) in [5.74, 6) is 0.415. The standard InChI is InChI=1S/C20H18N8O/c21-9-13-10-22-20(23-11-13)27-14-7-15(19-16(8-14)24-12-25-19)17-4-5-26-28(17)18-3-1-2-6-29-18/h4-5,7-8,10-12,18H,1-3,6H2,(H,24,25)(H,22,23,27). The van der Waals surface area contributed by atoms with E-state index in [1.165, 1.54) is 12.4 Å². The molecule has 1 unspecified atom stereocenters. The number of nitrogens with one attached hydrogen (secondary N) is 2. The first-order valence-electron chi connectivity index (χ1n) is 9.43. The van der Waals surface area contributed by atoms with Gasteiger partial charge in [0.15, 0.2) is 6.23 Å². The van der Waals surface area contributed by atoms with Crippen LogP contribution in [-0.4, -0.2) is 36.3 Å². The number of hydrogen-bond donors (Lipinski definition) is 2. The number of rotatable bonds is 4. The molecule has 1 aliphatic rings. The Labute approximate surface area is 166 Å². The highest BCUT2D eigenvalue weighted by Crippen LogP contribution is 2.34. The fourth-order valence-electron chi connectivity index (χ4n) is 3.57. The number of H-pyrrole nitrogens is 1. The van der Waals surface area contributed by atoms with Gasteiger partial charge in [-0.2, -0.15) is 10.4 Å². The van der Waals surface area contributed by atoms with E-state index in [0.29, 0.717) is 11.5 Å². The summed E-state index contributed by atoms with van der Waals surface area (Å²) in [5.41, 5.74) is 4.84. The number of ether oxygens (including phenoxy) is 1. The number of aromatic amines is 1. The summed E-state index contributed by atoms with van der Waals surface area (Å²) in [6.45, 7) is 0.749. The third kappa shape index (κ3) is 3.30. The number of aromatic nitrogens is 6. The summed E-state index contributed by atoms with van der Waals surface area (Å²) in [4.78, 5) is 16.0. The monoisotopic (exact) mass is 386 g/mol. The van der Waals surface area contributed by atoms with E-state index in [1.807, 2.05) is 29.0 Å². The highest BCUT2D eigenvalue weighted by molar-refractivity contribution is 5.94. The molecule has 0 saturated carbocycles. The van der Waals surface area contributed by atoms with Gasteiger partial charge in [-0.3, -0.25) is 0 Å². The molecule has 0 aliphatic carbocycles. The van der Waals surface area contributed by atoms with Crippen molar-refractivity contribution < 1.29 is 4.74 Å². The van der Waals surface area contributed by atoms with Crippen LogP contribution in [0.2, 0.25) is 0 Å². The minimum atomic E-state index is -0.0683. The van der Waals surface area contributed by atoms with E-state index in [0.717, 1.165) is 53.8 Å². The lowest BCUT2D eigenvalue weighted by molar-refractivity contribution is -0.0383. The van der Waals surface area contributed by atoms with Crippen molar-refractivity contribution in [1.82, 2.24) is 29.7 Å². The van der Waals surface area contributed by atoms with Crippen molar-refractivity contribution in [3.8, 4) is 17.3 Å². The Morgan fingerprint density at radius 1 is 1.21 bits per heavy atom. The molecular formula is C20H18N8O. The van der Waals surface area contributed by atoms with Gasteiger partial charge in [-0.1, -0.05) is 0 Å². The molecule has 1 fully saturated rings. The first-order chi connectivity index (χ1) is 14.3.